The Balaban J connectivity index is 1.34. The number of carbonyl (C=O) groups is 1. The highest BCUT2D eigenvalue weighted by Gasteiger charge is 2.06. The van der Waals surface area contributed by atoms with Gasteiger partial charge in [0.25, 0.3) is 0 Å². The van der Waals surface area contributed by atoms with Gasteiger partial charge in [0.05, 0.1) is 12.8 Å². The summed E-state index contributed by atoms with van der Waals surface area (Å²) in [6.45, 7) is 4.37. The van der Waals surface area contributed by atoms with Gasteiger partial charge in [0.15, 0.2) is 5.78 Å². The molecule has 0 saturated heterocycles. The van der Waals surface area contributed by atoms with Crippen LogP contribution in [0.4, 0.5) is 0 Å². The highest BCUT2D eigenvalue weighted by molar-refractivity contribution is 5.96. The lowest BCUT2D eigenvalue weighted by atomic mass is 10.1. The van der Waals surface area contributed by atoms with Gasteiger partial charge in [0, 0.05) is 47.6 Å². The molecule has 6 heteroatoms. The van der Waals surface area contributed by atoms with Crippen molar-refractivity contribution in [2.45, 2.75) is 13.0 Å². The fourth-order valence-electron chi connectivity index (χ4n) is 3.41. The third kappa shape index (κ3) is 5.86. The largest absolute Gasteiger partial charge is 0.496 e. The lowest BCUT2D eigenvalue weighted by molar-refractivity contribution is -0.113. The van der Waals surface area contributed by atoms with Crippen molar-refractivity contribution in [1.82, 2.24) is 15.0 Å². The molecule has 6 nitrogen and oxygen atoms in total. The van der Waals surface area contributed by atoms with Crippen LogP contribution in [-0.2, 0) is 11.4 Å². The van der Waals surface area contributed by atoms with Crippen molar-refractivity contribution in [2.75, 3.05) is 7.11 Å². The minimum atomic E-state index is -0.0484. The smallest absolute Gasteiger partial charge is 0.160 e. The van der Waals surface area contributed by atoms with Crippen molar-refractivity contribution < 1.29 is 14.3 Å². The zero-order valence-corrected chi connectivity index (χ0v) is 18.9. The maximum Gasteiger partial charge on any atom is 0.160 e. The molecule has 3 heterocycles. The van der Waals surface area contributed by atoms with Crippen LogP contribution >= 0.6 is 0 Å². The molecule has 1 aromatic carbocycles. The maximum absolute atomic E-state index is 12.5. The van der Waals surface area contributed by atoms with E-state index in [-0.39, 0.29) is 12.2 Å². The monoisotopic (exact) mass is 451 g/mol. The molecule has 34 heavy (non-hydrogen) atoms. The first-order valence-corrected chi connectivity index (χ1v) is 10.8. The number of aromatic amines is 1. The summed E-state index contributed by atoms with van der Waals surface area (Å²) in [5.41, 5.74) is 4.18. The molecule has 0 fully saturated rings. The van der Waals surface area contributed by atoms with Crippen molar-refractivity contribution in [2.24, 2.45) is 0 Å². The van der Waals surface area contributed by atoms with E-state index < -0.39 is 0 Å². The van der Waals surface area contributed by atoms with Gasteiger partial charge in [0.2, 0.25) is 0 Å². The van der Waals surface area contributed by atoms with Crippen molar-refractivity contribution in [3.63, 3.8) is 0 Å². The summed E-state index contributed by atoms with van der Waals surface area (Å²) in [5, 5.41) is 1.03. The quantitative estimate of drug-likeness (QED) is 0.244. The van der Waals surface area contributed by atoms with Crippen LogP contribution in [0.2, 0.25) is 0 Å². The van der Waals surface area contributed by atoms with Gasteiger partial charge in [-0.15, -0.1) is 0 Å². The molecule has 170 valence electrons. The number of allylic oxidation sites excluding steroid dienone is 3. The lowest BCUT2D eigenvalue weighted by Gasteiger charge is -2.10. The number of nitrogens with one attached hydrogen (secondary N) is 1. The highest BCUT2D eigenvalue weighted by Crippen LogP contribution is 2.26. The minimum Gasteiger partial charge on any atom is -0.496 e. The zero-order chi connectivity index (χ0) is 23.8. The third-order valence-corrected chi connectivity index (χ3v) is 5.15. The Hall–Kier alpha value is -4.45. The maximum atomic E-state index is 12.5. The molecular weight excluding hydrogens is 426 g/mol. The molecule has 1 N–H and O–H groups in total. The van der Waals surface area contributed by atoms with Crippen LogP contribution in [0.5, 0.6) is 11.5 Å². The molecule has 0 atom stereocenters. The molecule has 0 aliphatic carbocycles. The van der Waals surface area contributed by atoms with Crippen LogP contribution in [0.15, 0.2) is 91.4 Å². The van der Waals surface area contributed by atoms with Crippen LogP contribution in [-0.4, -0.2) is 27.8 Å². The number of fused-ring (bicyclic) bond motifs is 1. The van der Waals surface area contributed by atoms with E-state index in [1.807, 2.05) is 60.8 Å². The highest BCUT2D eigenvalue weighted by atomic mass is 16.5. The van der Waals surface area contributed by atoms with Crippen molar-refractivity contribution in [3.8, 4) is 11.5 Å². The molecule has 0 amide bonds. The van der Waals surface area contributed by atoms with Gasteiger partial charge in [-0.1, -0.05) is 24.8 Å². The second-order valence-electron chi connectivity index (χ2n) is 7.63. The van der Waals surface area contributed by atoms with Crippen LogP contribution in [0, 0.1) is 0 Å². The van der Waals surface area contributed by atoms with E-state index in [9.17, 15) is 4.79 Å². The number of hydrogen-bond acceptors (Lipinski definition) is 5. The normalized spacial score (nSPS) is 11.3. The molecule has 0 bridgehead atoms. The number of nitrogens with zero attached hydrogens (tertiary/aromatic N) is 2. The Labute approximate surface area is 198 Å². The number of hydrogen-bond donors (Lipinski definition) is 1. The predicted octanol–water partition coefficient (Wildman–Crippen LogP) is 5.79. The standard InChI is InChI=1S/C28H25N3O3/c1-20(8-9-22-18-31-28-26(22)7-5-15-30-28)16-24(32)12-10-21-11-13-25(17-27(21)33-2)34-19-23-6-3-4-14-29-23/h3-15,17-18H,1,16,19H2,2H3,(H,30,31)/b9-8+,12-10+. The molecule has 0 spiro atoms. The first kappa shape index (κ1) is 22.7. The third-order valence-electron chi connectivity index (χ3n) is 5.15. The van der Waals surface area contributed by atoms with Crippen LogP contribution in [0.3, 0.4) is 0 Å². The number of ketones is 1. The van der Waals surface area contributed by atoms with E-state index in [0.29, 0.717) is 18.1 Å². The Morgan fingerprint density at radius 3 is 2.71 bits per heavy atom. The van der Waals surface area contributed by atoms with Gasteiger partial charge in [-0.2, -0.15) is 0 Å². The van der Waals surface area contributed by atoms with E-state index in [4.69, 9.17) is 9.47 Å². The number of carbonyl (C=O) groups excluding carboxylic acids is 1. The summed E-state index contributed by atoms with van der Waals surface area (Å²) in [4.78, 5) is 24.1. The fraction of sp³-hybridized carbons (Fsp3) is 0.107. The van der Waals surface area contributed by atoms with E-state index in [0.717, 1.165) is 33.4 Å². The second kappa shape index (κ2) is 10.9. The van der Waals surface area contributed by atoms with Crippen LogP contribution in [0.1, 0.15) is 23.2 Å². The Bertz CT molecular complexity index is 1350. The minimum absolute atomic E-state index is 0.0484. The number of ether oxygens (including phenoxy) is 2. The van der Waals surface area contributed by atoms with Crippen molar-refractivity contribution >= 4 is 29.0 Å². The fourth-order valence-corrected chi connectivity index (χ4v) is 3.41. The number of rotatable bonds is 10. The first-order valence-electron chi connectivity index (χ1n) is 10.8. The van der Waals surface area contributed by atoms with Crippen LogP contribution in [0.25, 0.3) is 23.2 Å². The molecule has 0 radical (unpaired) electrons. The van der Waals surface area contributed by atoms with Gasteiger partial charge in [-0.25, -0.2) is 4.98 Å². The Morgan fingerprint density at radius 1 is 1.03 bits per heavy atom. The molecule has 4 rings (SSSR count). The second-order valence-corrected chi connectivity index (χ2v) is 7.63. The van der Waals surface area contributed by atoms with E-state index in [1.54, 1.807) is 37.7 Å². The number of pyridine rings is 2. The van der Waals surface area contributed by atoms with Crippen molar-refractivity contribution in [1.29, 1.82) is 0 Å². The summed E-state index contributed by atoms with van der Waals surface area (Å²) in [6, 6.07) is 15.1. The number of aromatic nitrogens is 3. The lowest BCUT2D eigenvalue weighted by Crippen LogP contribution is -1.98. The van der Waals surface area contributed by atoms with Crippen molar-refractivity contribution in [3.05, 3.63) is 108 Å². The summed E-state index contributed by atoms with van der Waals surface area (Å²) in [6.07, 6.45) is 12.7. The SMILES string of the molecule is C=C(/C=C/c1c[nH]c2ncccc12)CC(=O)/C=C/c1ccc(OCc2ccccn2)cc1OC. The predicted molar refractivity (Wildman–Crippen MR) is 134 cm³/mol. The summed E-state index contributed by atoms with van der Waals surface area (Å²) < 4.78 is 11.3. The molecular formula is C28H25N3O3. The summed E-state index contributed by atoms with van der Waals surface area (Å²) >= 11 is 0. The van der Waals surface area contributed by atoms with Gasteiger partial charge in [0.1, 0.15) is 23.8 Å². The Kier molecular flexibility index (Phi) is 7.30. The van der Waals surface area contributed by atoms with E-state index >= 15 is 0 Å². The van der Waals surface area contributed by atoms with Gasteiger partial charge in [-0.05, 0) is 54.1 Å². The molecule has 0 aliphatic rings. The Morgan fingerprint density at radius 2 is 1.88 bits per heavy atom. The van der Waals surface area contributed by atoms with Gasteiger partial charge in [-0.3, -0.25) is 9.78 Å². The van der Waals surface area contributed by atoms with Gasteiger partial charge < -0.3 is 14.5 Å². The first-order chi connectivity index (χ1) is 16.6. The average Bonchev–Trinajstić information content (AvgIpc) is 3.29. The molecule has 4 aromatic rings. The molecule has 0 unspecified atom stereocenters. The number of benzene rings is 1. The van der Waals surface area contributed by atoms with E-state index in [1.165, 1.54) is 0 Å². The summed E-state index contributed by atoms with van der Waals surface area (Å²) in [5.74, 6) is 1.24. The molecule has 0 saturated carbocycles. The summed E-state index contributed by atoms with van der Waals surface area (Å²) in [7, 11) is 1.59. The van der Waals surface area contributed by atoms with Crippen LogP contribution < -0.4 is 9.47 Å². The van der Waals surface area contributed by atoms with Gasteiger partial charge >= 0.3 is 0 Å². The van der Waals surface area contributed by atoms with E-state index in [2.05, 4.69) is 21.5 Å². The topological polar surface area (TPSA) is 77.1 Å². The zero-order valence-electron chi connectivity index (χ0n) is 18.9. The molecule has 3 aromatic heterocycles. The number of methoxy groups -OCH3 is 1. The number of H-pyrrole nitrogens is 1. The average molecular weight is 452 g/mol. The molecule has 0 aliphatic heterocycles.